The van der Waals surface area contributed by atoms with Crippen molar-refractivity contribution in [2.24, 2.45) is 23.7 Å². The topological polar surface area (TPSA) is 237 Å². The van der Waals surface area contributed by atoms with Crippen molar-refractivity contribution >= 4 is 39.5 Å². The van der Waals surface area contributed by atoms with E-state index in [1.807, 2.05) is 0 Å². The summed E-state index contributed by atoms with van der Waals surface area (Å²) in [5, 5.41) is 10.7. The van der Waals surface area contributed by atoms with Gasteiger partial charge < -0.3 is 33.8 Å². The van der Waals surface area contributed by atoms with Gasteiger partial charge >= 0.3 is 39.5 Å². The van der Waals surface area contributed by atoms with Gasteiger partial charge in [0, 0.05) is 25.7 Å². The molecular formula is C82H160O17P2. The quantitative estimate of drug-likeness (QED) is 0.0222. The number of aliphatic hydroxyl groups excluding tert-OH is 1. The Morgan fingerprint density at radius 3 is 0.703 bits per heavy atom. The first kappa shape index (κ1) is 99.1. The number of carbonyl (C=O) groups is 4. The summed E-state index contributed by atoms with van der Waals surface area (Å²) in [5.41, 5.74) is 0. The minimum Gasteiger partial charge on any atom is -0.462 e. The van der Waals surface area contributed by atoms with Gasteiger partial charge in [0.2, 0.25) is 0 Å². The second kappa shape index (κ2) is 71.0. The predicted octanol–water partition coefficient (Wildman–Crippen LogP) is 24.4. The molecule has 0 spiro atoms. The van der Waals surface area contributed by atoms with Gasteiger partial charge in [-0.25, -0.2) is 9.13 Å². The summed E-state index contributed by atoms with van der Waals surface area (Å²) in [6, 6.07) is 0. The standard InChI is InChI=1S/C82H160O17P2/c1-9-75(8)61-53-45-37-28-22-15-11-13-17-24-30-40-48-56-64-81(86)98-77(68-92-79(84)62-54-46-38-29-23-16-12-10-14-20-26-34-42-50-58-72(2)3)70-96-100(88,89)94-66-76(83)67-95-101(90,91)97-71-78(69-93-80(85)63-55-47-39-33-32-36-44-52-60-74(6)7)99-82(87)65-57-49-41-31-25-19-18-21-27-35-43-51-59-73(4)5/h72-78,83H,9-71H2,1-8H3,(H,88,89)(H,90,91)/t75?,76-,77-,78-/m1/s1. The largest absolute Gasteiger partial charge is 0.472 e. The highest BCUT2D eigenvalue weighted by Gasteiger charge is 2.30. The normalized spacial score (nSPS) is 14.3. The van der Waals surface area contributed by atoms with Crippen molar-refractivity contribution in [3.63, 3.8) is 0 Å². The molecule has 17 nitrogen and oxygen atoms in total. The summed E-state index contributed by atoms with van der Waals surface area (Å²) in [6.07, 6.45) is 58.2. The molecule has 0 aromatic carbocycles. The van der Waals surface area contributed by atoms with E-state index in [0.717, 1.165) is 114 Å². The van der Waals surface area contributed by atoms with E-state index < -0.39 is 97.5 Å². The molecule has 600 valence electrons. The first-order chi connectivity index (χ1) is 48.6. The average molecular weight is 1480 g/mol. The van der Waals surface area contributed by atoms with Gasteiger partial charge in [-0.3, -0.25) is 37.3 Å². The molecule has 101 heavy (non-hydrogen) atoms. The van der Waals surface area contributed by atoms with Gasteiger partial charge in [0.05, 0.1) is 26.4 Å². The number of esters is 4. The molecule has 0 saturated heterocycles. The van der Waals surface area contributed by atoms with Crippen molar-refractivity contribution in [1.82, 2.24) is 0 Å². The lowest BCUT2D eigenvalue weighted by Gasteiger charge is -2.21. The molecule has 3 N–H and O–H groups in total. The van der Waals surface area contributed by atoms with Crippen molar-refractivity contribution < 1.29 is 80.2 Å². The summed E-state index contributed by atoms with van der Waals surface area (Å²) in [4.78, 5) is 73.1. The molecule has 0 radical (unpaired) electrons. The second-order valence-electron chi connectivity index (χ2n) is 31.2. The van der Waals surface area contributed by atoms with E-state index in [1.165, 1.54) is 225 Å². The lowest BCUT2D eigenvalue weighted by molar-refractivity contribution is -0.161. The van der Waals surface area contributed by atoms with Crippen molar-refractivity contribution in [2.75, 3.05) is 39.6 Å². The predicted molar refractivity (Wildman–Crippen MR) is 414 cm³/mol. The first-order valence-corrected chi connectivity index (χ1v) is 45.2. The van der Waals surface area contributed by atoms with Gasteiger partial charge in [0.15, 0.2) is 12.2 Å². The van der Waals surface area contributed by atoms with E-state index >= 15 is 0 Å². The Morgan fingerprint density at radius 1 is 0.277 bits per heavy atom. The number of ether oxygens (including phenoxy) is 4. The first-order valence-electron chi connectivity index (χ1n) is 42.2. The van der Waals surface area contributed by atoms with Crippen LogP contribution < -0.4 is 0 Å². The third-order valence-electron chi connectivity index (χ3n) is 19.4. The number of unbranched alkanes of at least 4 members (excludes halogenated alkanes) is 44. The molecule has 0 aliphatic heterocycles. The fourth-order valence-electron chi connectivity index (χ4n) is 12.6. The van der Waals surface area contributed by atoms with Crippen LogP contribution in [0.15, 0.2) is 0 Å². The van der Waals surface area contributed by atoms with E-state index in [2.05, 4.69) is 55.4 Å². The highest BCUT2D eigenvalue weighted by atomic mass is 31.2. The summed E-state index contributed by atoms with van der Waals surface area (Å²) >= 11 is 0. The van der Waals surface area contributed by atoms with E-state index in [-0.39, 0.29) is 25.7 Å². The van der Waals surface area contributed by atoms with Crippen LogP contribution in [0.2, 0.25) is 0 Å². The molecule has 0 bridgehead atoms. The average Bonchev–Trinajstić information content (AvgIpc) is 0.986. The van der Waals surface area contributed by atoms with Gasteiger partial charge in [0.1, 0.15) is 19.3 Å². The number of aliphatic hydroxyl groups is 1. The van der Waals surface area contributed by atoms with Crippen LogP contribution in [0.3, 0.4) is 0 Å². The van der Waals surface area contributed by atoms with Crippen molar-refractivity contribution in [2.45, 2.75) is 440 Å². The van der Waals surface area contributed by atoms with Crippen LogP contribution in [0.1, 0.15) is 421 Å². The molecule has 0 saturated carbocycles. The Morgan fingerprint density at radius 2 is 0.475 bits per heavy atom. The molecule has 0 heterocycles. The Bertz CT molecular complexity index is 1970. The molecule has 0 fully saturated rings. The van der Waals surface area contributed by atoms with Crippen LogP contribution in [0, 0.1) is 23.7 Å². The summed E-state index contributed by atoms with van der Waals surface area (Å²) in [6.45, 7) is 14.3. The van der Waals surface area contributed by atoms with Crippen LogP contribution in [-0.4, -0.2) is 96.7 Å². The third-order valence-corrected chi connectivity index (χ3v) is 21.3. The maximum atomic E-state index is 13.1. The highest BCUT2D eigenvalue weighted by molar-refractivity contribution is 7.47. The van der Waals surface area contributed by atoms with Crippen molar-refractivity contribution in [1.29, 1.82) is 0 Å². The molecule has 0 aliphatic carbocycles. The van der Waals surface area contributed by atoms with E-state index in [4.69, 9.17) is 37.0 Å². The molecule has 3 unspecified atom stereocenters. The zero-order valence-corrected chi connectivity index (χ0v) is 68.3. The van der Waals surface area contributed by atoms with Gasteiger partial charge in [-0.05, 0) is 49.4 Å². The molecule has 6 atom stereocenters. The molecule has 0 rings (SSSR count). The Balaban J connectivity index is 5.26. The Labute approximate surface area is 619 Å². The minimum atomic E-state index is -4.96. The third kappa shape index (κ3) is 74.7. The number of carbonyl (C=O) groups excluding carboxylic acids is 4. The monoisotopic (exact) mass is 1480 g/mol. The van der Waals surface area contributed by atoms with Crippen LogP contribution in [-0.2, 0) is 65.4 Å². The fraction of sp³-hybridized carbons (Fsp3) is 0.951. The van der Waals surface area contributed by atoms with E-state index in [9.17, 15) is 43.2 Å². The lowest BCUT2D eigenvalue weighted by atomic mass is 9.99. The molecule has 0 aliphatic rings. The van der Waals surface area contributed by atoms with Crippen LogP contribution in [0.4, 0.5) is 0 Å². The van der Waals surface area contributed by atoms with Crippen LogP contribution >= 0.6 is 15.6 Å². The maximum absolute atomic E-state index is 13.1. The second-order valence-corrected chi connectivity index (χ2v) is 34.1. The van der Waals surface area contributed by atoms with Gasteiger partial charge in [-0.2, -0.15) is 0 Å². The number of phosphoric ester groups is 2. The number of hydrogen-bond acceptors (Lipinski definition) is 15. The number of phosphoric acid groups is 2. The van der Waals surface area contributed by atoms with Crippen LogP contribution in [0.5, 0.6) is 0 Å². The van der Waals surface area contributed by atoms with E-state index in [1.54, 1.807) is 0 Å². The number of rotatable bonds is 79. The molecular weight excluding hydrogens is 1320 g/mol. The molecule has 19 heteroatoms. The van der Waals surface area contributed by atoms with Gasteiger partial charge in [-0.1, -0.05) is 370 Å². The Kier molecular flexibility index (Phi) is 69.6. The number of hydrogen-bond donors (Lipinski definition) is 3. The summed E-state index contributed by atoms with van der Waals surface area (Å²) < 4.78 is 68.8. The van der Waals surface area contributed by atoms with Gasteiger partial charge in [0.25, 0.3) is 0 Å². The molecule has 0 aromatic heterocycles. The van der Waals surface area contributed by atoms with Gasteiger partial charge in [-0.15, -0.1) is 0 Å². The SMILES string of the molecule is CCC(C)CCCCCCCCCCCCCCCCC(=O)O[C@H](COC(=O)CCCCCCCCCCCCCCCCC(C)C)COP(=O)(O)OC[C@@H](O)COP(=O)(O)OC[C@@H](COC(=O)CCCCCCCCCCC(C)C)OC(=O)CCCCCCCCCCCCCCC(C)C. The smallest absolute Gasteiger partial charge is 0.462 e. The zero-order chi connectivity index (χ0) is 74.6. The highest BCUT2D eigenvalue weighted by Crippen LogP contribution is 2.45. The minimum absolute atomic E-state index is 0.106. The van der Waals surface area contributed by atoms with Crippen molar-refractivity contribution in [3.8, 4) is 0 Å². The maximum Gasteiger partial charge on any atom is 0.472 e. The van der Waals surface area contributed by atoms with Crippen LogP contribution in [0.25, 0.3) is 0 Å². The van der Waals surface area contributed by atoms with Crippen molar-refractivity contribution in [3.05, 3.63) is 0 Å². The molecule has 0 amide bonds. The summed E-state index contributed by atoms with van der Waals surface area (Å²) in [7, 11) is -9.92. The fourth-order valence-corrected chi connectivity index (χ4v) is 14.2. The lowest BCUT2D eigenvalue weighted by Crippen LogP contribution is -2.30. The Hall–Kier alpha value is -1.94. The molecule has 0 aromatic rings. The summed E-state index contributed by atoms with van der Waals surface area (Å²) in [5.74, 6) is 1.04. The van der Waals surface area contributed by atoms with E-state index in [0.29, 0.717) is 25.7 Å². The zero-order valence-electron chi connectivity index (χ0n) is 66.5.